The zero-order valence-electron chi connectivity index (χ0n) is 33.2. The van der Waals surface area contributed by atoms with Crippen molar-refractivity contribution in [2.24, 2.45) is 5.73 Å². The highest BCUT2D eigenvalue weighted by atomic mass is 16.7. The summed E-state index contributed by atoms with van der Waals surface area (Å²) < 4.78 is 24.3. The number of unbranched alkanes of at least 4 members (excludes halogenated alkanes) is 12. The number of aliphatic carboxylic acids is 1. The molecular formula is C38H63N5O14. The highest BCUT2D eigenvalue weighted by molar-refractivity contribution is 5.88. The van der Waals surface area contributed by atoms with E-state index < -0.39 is 103 Å². The van der Waals surface area contributed by atoms with Crippen LogP contribution in [0.3, 0.4) is 0 Å². The van der Waals surface area contributed by atoms with Crippen LogP contribution in [0, 0.1) is 0 Å². The van der Waals surface area contributed by atoms with Crippen molar-refractivity contribution in [1.29, 1.82) is 0 Å². The van der Waals surface area contributed by atoms with Crippen LogP contribution >= 0.6 is 0 Å². The number of carboxylic acids is 1. The highest BCUT2D eigenvalue weighted by Crippen LogP contribution is 2.36. The average molecular weight is 814 g/mol. The third kappa shape index (κ3) is 11.9. The number of aliphatic hydroxyl groups is 4. The maximum Gasteiger partial charge on any atom is 0.330 e. The number of hydrogen-bond donors (Lipinski definition) is 7. The first kappa shape index (κ1) is 46.4. The van der Waals surface area contributed by atoms with Crippen LogP contribution in [0.15, 0.2) is 21.9 Å². The number of rotatable bonds is 22. The quantitative estimate of drug-likeness (QED) is 0.0578. The third-order valence-corrected chi connectivity index (χ3v) is 11.2. The second-order valence-electron chi connectivity index (χ2n) is 15.5. The first-order valence-electron chi connectivity index (χ1n) is 20.3. The number of nitrogens with one attached hydrogen (secondary N) is 1. The number of nitrogens with two attached hydrogens (primary N) is 1. The van der Waals surface area contributed by atoms with Gasteiger partial charge in [0.15, 0.2) is 18.6 Å². The van der Waals surface area contributed by atoms with Crippen molar-refractivity contribution in [2.75, 3.05) is 27.2 Å². The molecule has 4 rings (SSSR count). The molecule has 0 aliphatic carbocycles. The number of aliphatic hydroxyl groups excluding tert-OH is 4. The van der Waals surface area contributed by atoms with E-state index in [4.69, 9.17) is 24.7 Å². The predicted molar refractivity (Wildman–Crippen MR) is 203 cm³/mol. The number of amides is 1. The lowest BCUT2D eigenvalue weighted by Gasteiger charge is -2.38. The number of carboxylic acid groups (broad SMARTS) is 1. The molecule has 57 heavy (non-hydrogen) atoms. The molecule has 0 bridgehead atoms. The van der Waals surface area contributed by atoms with E-state index in [-0.39, 0.29) is 19.5 Å². The molecule has 19 heteroatoms. The topological polar surface area (TPSA) is 277 Å². The molecule has 324 valence electrons. The Kier molecular flexibility index (Phi) is 18.1. The van der Waals surface area contributed by atoms with E-state index in [1.807, 2.05) is 4.98 Å². The molecule has 3 fully saturated rings. The van der Waals surface area contributed by atoms with E-state index in [1.54, 1.807) is 0 Å². The van der Waals surface area contributed by atoms with Gasteiger partial charge in [-0.2, -0.15) is 0 Å². The number of H-pyrrole nitrogens is 1. The maximum atomic E-state index is 14.3. The monoisotopic (exact) mass is 813 g/mol. The van der Waals surface area contributed by atoms with Gasteiger partial charge in [0, 0.05) is 38.8 Å². The van der Waals surface area contributed by atoms with Crippen LogP contribution in [0.1, 0.15) is 103 Å². The summed E-state index contributed by atoms with van der Waals surface area (Å²) in [4.78, 5) is 68.7. The van der Waals surface area contributed by atoms with Gasteiger partial charge in [0.05, 0.1) is 0 Å². The van der Waals surface area contributed by atoms with Gasteiger partial charge in [0.25, 0.3) is 5.56 Å². The number of ether oxygens (including phenoxy) is 4. The smallest absolute Gasteiger partial charge is 0.330 e. The molecule has 0 aromatic carbocycles. The van der Waals surface area contributed by atoms with Gasteiger partial charge < -0.3 is 55.1 Å². The predicted octanol–water partition coefficient (Wildman–Crippen LogP) is -0.435. The van der Waals surface area contributed by atoms with Gasteiger partial charge in [-0.15, -0.1) is 0 Å². The number of carbonyl (C=O) groups is 3. The third-order valence-electron chi connectivity index (χ3n) is 11.2. The van der Waals surface area contributed by atoms with Gasteiger partial charge in [-0.05, 0) is 13.5 Å². The number of aromatic amines is 1. The van der Waals surface area contributed by atoms with Crippen molar-refractivity contribution in [3.8, 4) is 0 Å². The molecule has 3 saturated heterocycles. The van der Waals surface area contributed by atoms with Crippen LogP contribution in [-0.4, -0.2) is 157 Å². The normalized spacial score (nSPS) is 31.4. The summed E-state index contributed by atoms with van der Waals surface area (Å²) in [6, 6.07) is -2.21. The van der Waals surface area contributed by atoms with Crippen molar-refractivity contribution in [3.63, 3.8) is 0 Å². The van der Waals surface area contributed by atoms with Crippen molar-refractivity contribution in [1.82, 2.24) is 19.4 Å². The molecule has 1 amide bonds. The Hall–Kier alpha value is -3.27. The molecule has 3 aliphatic rings. The van der Waals surface area contributed by atoms with E-state index in [2.05, 4.69) is 6.92 Å². The van der Waals surface area contributed by atoms with Gasteiger partial charge in [0.2, 0.25) is 5.91 Å². The number of nitrogens with zero attached hydrogens (tertiary/aromatic N) is 3. The van der Waals surface area contributed by atoms with E-state index in [0.29, 0.717) is 6.42 Å². The zero-order chi connectivity index (χ0) is 41.8. The first-order valence-corrected chi connectivity index (χ1v) is 20.3. The van der Waals surface area contributed by atoms with Crippen molar-refractivity contribution in [2.45, 2.75) is 170 Å². The summed E-state index contributed by atoms with van der Waals surface area (Å²) in [5.41, 5.74) is 3.98. The standard InChI is InChI=1S/C38H63N5O14/c1-4-5-6-7-8-9-10-11-12-13-14-15-16-17-25(45)54-23-21-41(2)27(34(50)42(3)26(23)36(51)52)32(57-37-31(49)28(46)22(20-39)55-37)33-29(47)30(48)35(56-33)43-19-18-24(44)40-38(43)53/h18-19,22-23,26-33,35,37,46-49H,4-17,20-21,39H2,1-3H3,(H,51,52)(H,40,44,53)/t22-,23-,26+,27+,28-,29+,30-,31-,32+,33+,35-,37?/m1/s1. The number of hydrogen-bond acceptors (Lipinski definition) is 15. The minimum absolute atomic E-state index is 0.0458. The summed E-state index contributed by atoms with van der Waals surface area (Å²) >= 11 is 0. The summed E-state index contributed by atoms with van der Waals surface area (Å²) in [6.45, 7) is 1.67. The molecule has 0 spiro atoms. The maximum absolute atomic E-state index is 14.3. The molecule has 8 N–H and O–H groups in total. The summed E-state index contributed by atoms with van der Waals surface area (Å²) in [7, 11) is 2.63. The fourth-order valence-electron chi connectivity index (χ4n) is 7.94. The molecular weight excluding hydrogens is 750 g/mol. The Morgan fingerprint density at radius 1 is 0.877 bits per heavy atom. The van der Waals surface area contributed by atoms with Crippen LogP contribution < -0.4 is 17.0 Å². The Bertz CT molecular complexity index is 1560. The fourth-order valence-corrected chi connectivity index (χ4v) is 7.94. The van der Waals surface area contributed by atoms with Crippen LogP contribution in [0.25, 0.3) is 0 Å². The first-order chi connectivity index (χ1) is 27.2. The molecule has 1 unspecified atom stereocenters. The number of esters is 1. The zero-order valence-corrected chi connectivity index (χ0v) is 33.2. The van der Waals surface area contributed by atoms with Crippen molar-refractivity contribution in [3.05, 3.63) is 33.1 Å². The Labute approximate surface area is 332 Å². The number of likely N-dealkylation sites (N-methyl/N-ethyl adjacent to an activating group) is 2. The molecule has 0 radical (unpaired) electrons. The molecule has 1 aromatic heterocycles. The summed E-state index contributed by atoms with van der Waals surface area (Å²) in [5, 5.41) is 54.1. The SMILES string of the molecule is CCCCCCCCCCCCCCCC(=O)O[C@@H]1CN(C)[C@@H]([C@H](OC2O[C@H](CN)[C@@H](O)[C@H]2O)[C@H]2O[C@@H](n3ccc(=O)[nH]c3=O)[C@H](O)[C@@H]2O)C(=O)N(C)[C@@H]1C(=O)O. The lowest BCUT2D eigenvalue weighted by Crippen LogP contribution is -2.59. The van der Waals surface area contributed by atoms with Gasteiger partial charge in [-0.1, -0.05) is 84.0 Å². The minimum atomic E-state index is -1.87. The number of carbonyl (C=O) groups excluding carboxylic acids is 2. The molecule has 12 atom stereocenters. The molecule has 1 aromatic rings. The lowest BCUT2D eigenvalue weighted by molar-refractivity contribution is -0.233. The van der Waals surface area contributed by atoms with Crippen molar-refractivity contribution < 1.29 is 58.9 Å². The number of aromatic nitrogens is 2. The largest absolute Gasteiger partial charge is 0.480 e. The molecule has 19 nitrogen and oxygen atoms in total. The summed E-state index contributed by atoms with van der Waals surface area (Å²) in [6.07, 6.45) is -0.270. The van der Waals surface area contributed by atoms with E-state index >= 15 is 0 Å². The van der Waals surface area contributed by atoms with Crippen LogP contribution in [-0.2, 0) is 33.3 Å². The molecule has 4 heterocycles. The molecule has 0 saturated carbocycles. The minimum Gasteiger partial charge on any atom is -0.480 e. The summed E-state index contributed by atoms with van der Waals surface area (Å²) in [5.74, 6) is -2.97. The van der Waals surface area contributed by atoms with Gasteiger partial charge >= 0.3 is 17.6 Å². The van der Waals surface area contributed by atoms with Gasteiger partial charge in [-0.3, -0.25) is 28.8 Å². The van der Waals surface area contributed by atoms with Crippen LogP contribution in [0.2, 0.25) is 0 Å². The average Bonchev–Trinajstić information content (AvgIpc) is 3.58. The van der Waals surface area contributed by atoms with Gasteiger partial charge in [-0.25, -0.2) is 9.59 Å². The Morgan fingerprint density at radius 3 is 2.02 bits per heavy atom. The van der Waals surface area contributed by atoms with E-state index in [1.165, 1.54) is 70.4 Å². The lowest BCUT2D eigenvalue weighted by atomic mass is 9.97. The Morgan fingerprint density at radius 2 is 1.47 bits per heavy atom. The van der Waals surface area contributed by atoms with E-state index in [9.17, 15) is 49.5 Å². The molecule has 3 aliphatic heterocycles. The van der Waals surface area contributed by atoms with Crippen LogP contribution in [0.5, 0.6) is 0 Å². The highest BCUT2D eigenvalue weighted by Gasteiger charge is 2.57. The Balaban J connectivity index is 1.46. The van der Waals surface area contributed by atoms with Crippen LogP contribution in [0.4, 0.5) is 0 Å². The van der Waals surface area contributed by atoms with Gasteiger partial charge in [0.1, 0.15) is 54.9 Å². The fraction of sp³-hybridized carbons (Fsp3) is 0.816. The van der Waals surface area contributed by atoms with Crippen molar-refractivity contribution >= 4 is 17.8 Å². The second-order valence-corrected chi connectivity index (χ2v) is 15.5. The van der Waals surface area contributed by atoms with E-state index in [0.717, 1.165) is 47.4 Å². The second kappa shape index (κ2) is 22.2.